The van der Waals surface area contributed by atoms with Gasteiger partial charge < -0.3 is 4.74 Å². The molecule has 0 aromatic heterocycles. The van der Waals surface area contributed by atoms with Crippen molar-refractivity contribution in [2.75, 3.05) is 13.7 Å². The molecule has 0 saturated heterocycles. The van der Waals surface area contributed by atoms with Gasteiger partial charge in [-0.1, -0.05) is 25.5 Å². The van der Waals surface area contributed by atoms with Crippen LogP contribution in [0, 0.1) is 11.8 Å². The first kappa shape index (κ1) is 17.9. The highest BCUT2D eigenvalue weighted by molar-refractivity contribution is 6.06. The zero-order chi connectivity index (χ0) is 19.1. The molecule has 0 amide bonds. The number of ether oxygens (including phenoxy) is 1. The number of benzene rings is 1. The highest BCUT2D eigenvalue weighted by Gasteiger charge is 2.31. The summed E-state index contributed by atoms with van der Waals surface area (Å²) in [6.07, 6.45) is 5.75. The Morgan fingerprint density at radius 1 is 1.30 bits per heavy atom. The van der Waals surface area contributed by atoms with E-state index in [1.54, 1.807) is 7.11 Å². The maximum atomic E-state index is 12.1. The molecule has 0 spiro atoms. The predicted molar refractivity (Wildman–Crippen MR) is 108 cm³/mol. The Morgan fingerprint density at radius 2 is 2.11 bits per heavy atom. The van der Waals surface area contributed by atoms with E-state index in [4.69, 9.17) is 14.7 Å². The van der Waals surface area contributed by atoms with Crippen molar-refractivity contribution in [1.82, 2.24) is 0 Å². The molecule has 0 saturated carbocycles. The highest BCUT2D eigenvalue weighted by atomic mass is 16.5. The zero-order valence-electron chi connectivity index (χ0n) is 16.5. The SMILES string of the molecule is COc1ccc2c(c1)=NC1C(CC3C=C(C)C(=O)C=C3C(C)C)=NCCC=21. The molecule has 2 unspecified atom stereocenters. The minimum atomic E-state index is 0.0422. The Hall–Kier alpha value is -2.49. The van der Waals surface area contributed by atoms with E-state index in [0.29, 0.717) is 5.92 Å². The number of aliphatic imine (C=N–C) groups is 1. The number of methoxy groups -OCH3 is 1. The van der Waals surface area contributed by atoms with Gasteiger partial charge in [-0.2, -0.15) is 0 Å². The minimum Gasteiger partial charge on any atom is -0.497 e. The Balaban J connectivity index is 1.68. The first-order valence-corrected chi connectivity index (χ1v) is 9.70. The van der Waals surface area contributed by atoms with Crippen LogP contribution in [0.4, 0.5) is 0 Å². The Morgan fingerprint density at radius 3 is 2.85 bits per heavy atom. The second-order valence-corrected chi connectivity index (χ2v) is 7.89. The van der Waals surface area contributed by atoms with Crippen molar-refractivity contribution in [2.45, 2.75) is 39.7 Å². The van der Waals surface area contributed by atoms with Crippen molar-refractivity contribution in [3.63, 3.8) is 0 Å². The summed E-state index contributed by atoms with van der Waals surface area (Å²) in [5.74, 6) is 1.55. The van der Waals surface area contributed by atoms with Gasteiger partial charge in [0.15, 0.2) is 5.78 Å². The van der Waals surface area contributed by atoms with Gasteiger partial charge >= 0.3 is 0 Å². The molecule has 0 fully saturated rings. The topological polar surface area (TPSA) is 51.0 Å². The molecule has 2 atom stereocenters. The van der Waals surface area contributed by atoms with Crippen molar-refractivity contribution >= 4 is 17.1 Å². The molecule has 2 heterocycles. The van der Waals surface area contributed by atoms with Crippen molar-refractivity contribution in [2.24, 2.45) is 21.8 Å². The molecule has 4 rings (SSSR count). The smallest absolute Gasteiger partial charge is 0.181 e. The molecule has 0 bridgehead atoms. The number of hydrogen-bond donors (Lipinski definition) is 0. The number of allylic oxidation sites excluding steroid dienone is 4. The lowest BCUT2D eigenvalue weighted by atomic mass is 9.78. The summed E-state index contributed by atoms with van der Waals surface area (Å²) < 4.78 is 5.36. The van der Waals surface area contributed by atoms with E-state index >= 15 is 0 Å². The number of carbonyl (C=O) groups is 1. The van der Waals surface area contributed by atoms with Crippen LogP contribution < -0.4 is 15.3 Å². The molecule has 4 nitrogen and oxygen atoms in total. The maximum Gasteiger partial charge on any atom is 0.181 e. The lowest BCUT2D eigenvalue weighted by Crippen LogP contribution is -2.29. The maximum absolute atomic E-state index is 12.1. The minimum absolute atomic E-state index is 0.0422. The van der Waals surface area contributed by atoms with Crippen LogP contribution in [0.25, 0.3) is 5.57 Å². The summed E-state index contributed by atoms with van der Waals surface area (Å²) in [5, 5.41) is 2.24. The highest BCUT2D eigenvalue weighted by Crippen LogP contribution is 2.33. The zero-order valence-corrected chi connectivity index (χ0v) is 16.5. The van der Waals surface area contributed by atoms with Gasteiger partial charge in [0.2, 0.25) is 0 Å². The second kappa shape index (κ2) is 6.91. The number of ketones is 1. The van der Waals surface area contributed by atoms with E-state index in [1.165, 1.54) is 16.4 Å². The quantitative estimate of drug-likeness (QED) is 0.827. The van der Waals surface area contributed by atoms with E-state index in [1.807, 2.05) is 25.1 Å². The fraction of sp³-hybridized carbons (Fsp3) is 0.435. The van der Waals surface area contributed by atoms with Crippen LogP contribution in [0.2, 0.25) is 0 Å². The standard InChI is InChI=1S/C23H26N2O2/c1-13(2)19-12-22(26)14(3)9-15(19)10-21-23-18(7-8-24-21)17-6-5-16(27-4)11-20(17)25-23/h5-6,9,11-13,15,23H,7-8,10H2,1-4H3. The Kier molecular flexibility index (Phi) is 4.58. The third kappa shape index (κ3) is 3.18. The fourth-order valence-corrected chi connectivity index (χ4v) is 4.36. The van der Waals surface area contributed by atoms with Gasteiger partial charge in [0.1, 0.15) is 11.8 Å². The van der Waals surface area contributed by atoms with E-state index in [9.17, 15) is 4.79 Å². The summed E-state index contributed by atoms with van der Waals surface area (Å²) in [5.41, 5.74) is 4.56. The van der Waals surface area contributed by atoms with Crippen molar-refractivity contribution in [3.05, 3.63) is 52.1 Å². The summed E-state index contributed by atoms with van der Waals surface area (Å²) >= 11 is 0. The van der Waals surface area contributed by atoms with Crippen molar-refractivity contribution in [1.29, 1.82) is 0 Å². The fourth-order valence-electron chi connectivity index (χ4n) is 4.36. The summed E-state index contributed by atoms with van der Waals surface area (Å²) in [6, 6.07) is 6.19. The van der Waals surface area contributed by atoms with Crippen LogP contribution in [0.3, 0.4) is 0 Å². The van der Waals surface area contributed by atoms with E-state index in [2.05, 4.69) is 26.0 Å². The molecule has 27 heavy (non-hydrogen) atoms. The number of carbonyl (C=O) groups excluding carboxylic acids is 1. The van der Waals surface area contributed by atoms with Gasteiger partial charge in [0, 0.05) is 29.5 Å². The average molecular weight is 362 g/mol. The first-order valence-electron chi connectivity index (χ1n) is 9.70. The van der Waals surface area contributed by atoms with E-state index in [0.717, 1.165) is 41.8 Å². The van der Waals surface area contributed by atoms with E-state index in [-0.39, 0.29) is 17.7 Å². The van der Waals surface area contributed by atoms with Gasteiger partial charge in [-0.05, 0) is 55.0 Å². The summed E-state index contributed by atoms with van der Waals surface area (Å²) in [4.78, 5) is 22.0. The van der Waals surface area contributed by atoms with E-state index < -0.39 is 0 Å². The summed E-state index contributed by atoms with van der Waals surface area (Å²) in [7, 11) is 1.68. The Bertz CT molecular complexity index is 1010. The van der Waals surface area contributed by atoms with Crippen LogP contribution in [0.5, 0.6) is 5.75 Å². The first-order chi connectivity index (χ1) is 13.0. The van der Waals surface area contributed by atoms with Gasteiger partial charge in [0.25, 0.3) is 0 Å². The van der Waals surface area contributed by atoms with Crippen LogP contribution in [0.15, 0.2) is 51.5 Å². The lowest BCUT2D eigenvalue weighted by molar-refractivity contribution is -0.111. The van der Waals surface area contributed by atoms with Crippen LogP contribution in [-0.4, -0.2) is 31.2 Å². The second-order valence-electron chi connectivity index (χ2n) is 7.89. The molecule has 2 aliphatic heterocycles. The van der Waals surface area contributed by atoms with Gasteiger partial charge in [-0.25, -0.2) is 0 Å². The molecule has 1 aliphatic carbocycles. The largest absolute Gasteiger partial charge is 0.497 e. The van der Waals surface area contributed by atoms with Crippen LogP contribution in [0.1, 0.15) is 33.6 Å². The monoisotopic (exact) mass is 362 g/mol. The summed E-state index contributed by atoms with van der Waals surface area (Å²) in [6.45, 7) is 7.04. The van der Waals surface area contributed by atoms with Crippen molar-refractivity contribution < 1.29 is 9.53 Å². The number of nitrogens with zero attached hydrogens (tertiary/aromatic N) is 2. The molecule has 1 aromatic carbocycles. The molecule has 1 aromatic rings. The lowest BCUT2D eigenvalue weighted by Gasteiger charge is -2.28. The van der Waals surface area contributed by atoms with Gasteiger partial charge in [0.05, 0.1) is 12.5 Å². The third-order valence-electron chi connectivity index (χ3n) is 5.82. The predicted octanol–water partition coefficient (Wildman–Crippen LogP) is 2.81. The van der Waals surface area contributed by atoms with Crippen molar-refractivity contribution in [3.8, 4) is 5.75 Å². The molecular weight excluding hydrogens is 336 g/mol. The molecule has 3 aliphatic rings. The molecule has 140 valence electrons. The molecular formula is C23H26N2O2. The average Bonchev–Trinajstić information content (AvgIpc) is 3.03. The van der Waals surface area contributed by atoms with Gasteiger partial charge in [-0.15, -0.1) is 0 Å². The normalized spacial score (nSPS) is 24.0. The van der Waals surface area contributed by atoms with Gasteiger partial charge in [-0.3, -0.25) is 14.8 Å². The number of fused-ring (bicyclic) bond motifs is 2. The number of rotatable bonds is 4. The molecule has 0 N–H and O–H groups in total. The van der Waals surface area contributed by atoms with Crippen LogP contribution in [-0.2, 0) is 4.79 Å². The van der Waals surface area contributed by atoms with Crippen LogP contribution >= 0.6 is 0 Å². The Labute approximate surface area is 160 Å². The number of hydrogen-bond acceptors (Lipinski definition) is 4. The molecule has 4 heteroatoms. The molecule has 0 radical (unpaired) electrons. The third-order valence-corrected chi connectivity index (χ3v) is 5.82.